The molecule has 0 radical (unpaired) electrons. The number of hydrogen-bond donors (Lipinski definition) is 3. The number of anilines is 1. The standard InChI is InChI=1S/C26H28ClF2N7O/c1-16(15-37)36-8-6-35(7-9-36)5-4-30-17-10-25-24(31-13-17)3-2-23(33-25)19-14-32-34-26(19)18-11-20(27)22(29)12-21(18)28/h2-3,10-14,16,30,37H,4-9,15H2,1H3,(H,32,34). The maximum absolute atomic E-state index is 14.5. The van der Waals surface area contributed by atoms with Crippen LogP contribution in [0.1, 0.15) is 6.92 Å². The minimum atomic E-state index is -0.822. The van der Waals surface area contributed by atoms with Crippen LogP contribution in [0.4, 0.5) is 14.5 Å². The topological polar surface area (TPSA) is 93.2 Å². The van der Waals surface area contributed by atoms with Gasteiger partial charge in [-0.15, -0.1) is 0 Å². The maximum atomic E-state index is 14.5. The number of pyridine rings is 2. The summed E-state index contributed by atoms with van der Waals surface area (Å²) >= 11 is 5.89. The first-order valence-electron chi connectivity index (χ1n) is 12.2. The highest BCUT2D eigenvalue weighted by atomic mass is 35.5. The summed E-state index contributed by atoms with van der Waals surface area (Å²) in [6.45, 7) is 7.75. The lowest BCUT2D eigenvalue weighted by Gasteiger charge is -2.37. The van der Waals surface area contributed by atoms with Gasteiger partial charge in [-0.2, -0.15) is 5.10 Å². The van der Waals surface area contributed by atoms with Crippen molar-refractivity contribution in [3.8, 4) is 22.5 Å². The molecule has 4 aromatic rings. The van der Waals surface area contributed by atoms with E-state index in [9.17, 15) is 13.9 Å². The lowest BCUT2D eigenvalue weighted by Crippen LogP contribution is -2.51. The lowest BCUT2D eigenvalue weighted by atomic mass is 10.0. The van der Waals surface area contributed by atoms with Gasteiger partial charge in [0.15, 0.2) is 0 Å². The van der Waals surface area contributed by atoms with Crippen LogP contribution in [0.2, 0.25) is 5.02 Å². The highest BCUT2D eigenvalue weighted by Crippen LogP contribution is 2.34. The van der Waals surface area contributed by atoms with Crippen molar-refractivity contribution in [2.45, 2.75) is 13.0 Å². The lowest BCUT2D eigenvalue weighted by molar-refractivity contribution is 0.0751. The number of aromatic nitrogens is 4. The van der Waals surface area contributed by atoms with Crippen molar-refractivity contribution >= 4 is 28.3 Å². The van der Waals surface area contributed by atoms with Crippen molar-refractivity contribution in [2.75, 3.05) is 51.2 Å². The minimum absolute atomic E-state index is 0.112. The van der Waals surface area contributed by atoms with E-state index in [0.717, 1.165) is 56.5 Å². The van der Waals surface area contributed by atoms with Crippen LogP contribution in [0.5, 0.6) is 0 Å². The number of aliphatic hydroxyl groups excluding tert-OH is 1. The number of aliphatic hydroxyl groups is 1. The van der Waals surface area contributed by atoms with E-state index in [1.54, 1.807) is 18.5 Å². The first kappa shape index (κ1) is 25.5. The predicted octanol–water partition coefficient (Wildman–Crippen LogP) is 4.03. The zero-order valence-electron chi connectivity index (χ0n) is 20.4. The largest absolute Gasteiger partial charge is 0.395 e. The van der Waals surface area contributed by atoms with Crippen molar-refractivity contribution in [3.63, 3.8) is 0 Å². The van der Waals surface area contributed by atoms with Gasteiger partial charge >= 0.3 is 0 Å². The quantitative estimate of drug-likeness (QED) is 0.298. The summed E-state index contributed by atoms with van der Waals surface area (Å²) in [5.41, 5.74) is 3.88. The van der Waals surface area contributed by atoms with Crippen LogP contribution in [0.15, 0.2) is 42.7 Å². The third kappa shape index (κ3) is 5.57. The van der Waals surface area contributed by atoms with E-state index in [0.29, 0.717) is 22.5 Å². The summed E-state index contributed by atoms with van der Waals surface area (Å²) in [4.78, 5) is 14.0. The average molecular weight is 528 g/mol. The van der Waals surface area contributed by atoms with Crippen LogP contribution in [0.3, 0.4) is 0 Å². The highest BCUT2D eigenvalue weighted by molar-refractivity contribution is 6.31. The summed E-state index contributed by atoms with van der Waals surface area (Å²) in [6.07, 6.45) is 3.33. The first-order chi connectivity index (χ1) is 17.9. The monoisotopic (exact) mass is 527 g/mol. The van der Waals surface area contributed by atoms with Crippen LogP contribution in [0.25, 0.3) is 33.5 Å². The first-order valence-corrected chi connectivity index (χ1v) is 12.6. The SMILES string of the molecule is CC(CO)N1CCN(CCNc2cnc3ccc(-c4cn[nH]c4-c4cc(Cl)c(F)cc4F)nc3c2)CC1. The Morgan fingerprint density at radius 3 is 2.65 bits per heavy atom. The van der Waals surface area contributed by atoms with Crippen molar-refractivity contribution in [2.24, 2.45) is 0 Å². The number of H-pyrrole nitrogens is 1. The zero-order chi connectivity index (χ0) is 25.9. The van der Waals surface area contributed by atoms with Crippen LogP contribution in [-0.4, -0.2) is 87.0 Å². The second kappa shape index (κ2) is 11.1. The molecule has 11 heteroatoms. The smallest absolute Gasteiger partial charge is 0.144 e. The molecule has 1 unspecified atom stereocenters. The Bertz CT molecular complexity index is 1390. The number of nitrogens with one attached hydrogen (secondary N) is 2. The van der Waals surface area contributed by atoms with E-state index in [1.165, 1.54) is 6.07 Å². The molecule has 0 aliphatic carbocycles. The molecule has 0 amide bonds. The molecule has 4 heterocycles. The Kier molecular flexibility index (Phi) is 7.61. The fourth-order valence-electron chi connectivity index (χ4n) is 4.55. The van der Waals surface area contributed by atoms with Gasteiger partial charge in [-0.05, 0) is 31.2 Å². The molecule has 5 rings (SSSR count). The maximum Gasteiger partial charge on any atom is 0.144 e. The van der Waals surface area contributed by atoms with Crippen molar-refractivity contribution in [3.05, 3.63) is 59.4 Å². The fraction of sp³-hybridized carbons (Fsp3) is 0.346. The molecule has 1 saturated heterocycles. The van der Waals surface area contributed by atoms with Gasteiger partial charge < -0.3 is 10.4 Å². The molecule has 3 aromatic heterocycles. The molecule has 3 N–H and O–H groups in total. The molecule has 8 nitrogen and oxygen atoms in total. The summed E-state index contributed by atoms with van der Waals surface area (Å²) < 4.78 is 28.2. The van der Waals surface area contributed by atoms with Gasteiger partial charge in [-0.1, -0.05) is 11.6 Å². The van der Waals surface area contributed by atoms with Crippen molar-refractivity contribution in [1.29, 1.82) is 0 Å². The predicted molar refractivity (Wildman–Crippen MR) is 141 cm³/mol. The van der Waals surface area contributed by atoms with E-state index in [1.807, 2.05) is 19.1 Å². The number of halogens is 3. The third-order valence-electron chi connectivity index (χ3n) is 6.78. The zero-order valence-corrected chi connectivity index (χ0v) is 21.1. The van der Waals surface area contributed by atoms with E-state index >= 15 is 0 Å². The van der Waals surface area contributed by atoms with Gasteiger partial charge in [-0.25, -0.2) is 13.8 Å². The average Bonchev–Trinajstić information content (AvgIpc) is 3.40. The van der Waals surface area contributed by atoms with Gasteiger partial charge in [0.25, 0.3) is 0 Å². The molecule has 1 aliphatic heterocycles. The Morgan fingerprint density at radius 1 is 1.05 bits per heavy atom. The van der Waals surface area contributed by atoms with E-state index in [-0.39, 0.29) is 23.2 Å². The fourth-order valence-corrected chi connectivity index (χ4v) is 4.72. The van der Waals surface area contributed by atoms with Crippen molar-refractivity contribution < 1.29 is 13.9 Å². The Morgan fingerprint density at radius 2 is 1.86 bits per heavy atom. The van der Waals surface area contributed by atoms with Gasteiger partial charge in [0.05, 0.1) is 52.1 Å². The second-order valence-electron chi connectivity index (χ2n) is 9.20. The molecule has 1 aliphatic rings. The molecular formula is C26H28ClF2N7O. The van der Waals surface area contributed by atoms with Crippen LogP contribution in [0, 0.1) is 11.6 Å². The number of benzene rings is 1. The highest BCUT2D eigenvalue weighted by Gasteiger charge is 2.20. The number of hydrogen-bond acceptors (Lipinski definition) is 7. The van der Waals surface area contributed by atoms with Gasteiger partial charge in [0.2, 0.25) is 0 Å². The number of aromatic amines is 1. The Balaban J connectivity index is 1.29. The van der Waals surface area contributed by atoms with E-state index in [4.69, 9.17) is 16.6 Å². The number of nitrogens with zero attached hydrogens (tertiary/aromatic N) is 5. The van der Waals surface area contributed by atoms with Gasteiger partial charge in [0, 0.05) is 62.5 Å². The van der Waals surface area contributed by atoms with Gasteiger partial charge in [-0.3, -0.25) is 19.9 Å². The third-order valence-corrected chi connectivity index (χ3v) is 7.07. The van der Waals surface area contributed by atoms with Crippen molar-refractivity contribution in [1.82, 2.24) is 30.0 Å². The molecule has 1 atom stereocenters. The molecule has 37 heavy (non-hydrogen) atoms. The Labute approximate surface area is 218 Å². The Hall–Kier alpha value is -3.18. The second-order valence-corrected chi connectivity index (χ2v) is 9.61. The van der Waals surface area contributed by atoms with E-state index in [2.05, 4.69) is 30.3 Å². The molecular weight excluding hydrogens is 500 g/mol. The van der Waals surface area contributed by atoms with Crippen LogP contribution >= 0.6 is 11.6 Å². The molecule has 1 aromatic carbocycles. The van der Waals surface area contributed by atoms with Gasteiger partial charge in [0.1, 0.15) is 11.6 Å². The summed E-state index contributed by atoms with van der Waals surface area (Å²) in [7, 11) is 0. The number of piperazine rings is 1. The summed E-state index contributed by atoms with van der Waals surface area (Å²) in [6, 6.07) is 7.76. The molecule has 0 spiro atoms. The number of fused-ring (bicyclic) bond motifs is 1. The summed E-state index contributed by atoms with van der Waals surface area (Å²) in [5.74, 6) is -1.57. The molecule has 1 fully saturated rings. The van der Waals surface area contributed by atoms with Crippen LogP contribution in [-0.2, 0) is 0 Å². The molecule has 194 valence electrons. The van der Waals surface area contributed by atoms with Crippen LogP contribution < -0.4 is 5.32 Å². The molecule has 0 saturated carbocycles. The molecule has 0 bridgehead atoms. The number of rotatable bonds is 8. The minimum Gasteiger partial charge on any atom is -0.395 e. The summed E-state index contributed by atoms with van der Waals surface area (Å²) in [5, 5.41) is 19.4. The normalized spacial score (nSPS) is 15.8. The van der Waals surface area contributed by atoms with E-state index < -0.39 is 11.6 Å².